The summed E-state index contributed by atoms with van der Waals surface area (Å²) in [4.78, 5) is 0. The Morgan fingerprint density at radius 3 is 2.12 bits per heavy atom. The summed E-state index contributed by atoms with van der Waals surface area (Å²) in [7, 11) is 0. The number of hydrogen-bond acceptors (Lipinski definition) is 2. The summed E-state index contributed by atoms with van der Waals surface area (Å²) in [6, 6.07) is 0.690. The zero-order valence-corrected chi connectivity index (χ0v) is 12.3. The summed E-state index contributed by atoms with van der Waals surface area (Å²) in [6.07, 6.45) is 8.65. The van der Waals surface area contributed by atoms with Crippen LogP contribution < -0.4 is 10.6 Å². The van der Waals surface area contributed by atoms with E-state index in [1.807, 2.05) is 0 Å². The Morgan fingerprint density at radius 2 is 1.59 bits per heavy atom. The molecule has 0 aromatic rings. The molecule has 0 radical (unpaired) electrons. The fraction of sp³-hybridized carbons (Fsp3) is 1.00. The zero-order valence-electron chi connectivity index (χ0n) is 12.3. The lowest BCUT2D eigenvalue weighted by atomic mass is 9.93. The van der Waals surface area contributed by atoms with Crippen LogP contribution in [0, 0.1) is 5.92 Å². The lowest BCUT2D eigenvalue weighted by molar-refractivity contribution is 0.330. The van der Waals surface area contributed by atoms with Crippen molar-refractivity contribution in [1.82, 2.24) is 10.6 Å². The van der Waals surface area contributed by atoms with Crippen LogP contribution in [0.1, 0.15) is 66.2 Å². The van der Waals surface area contributed by atoms with Crippen molar-refractivity contribution in [3.05, 3.63) is 0 Å². The molecule has 0 aromatic carbocycles. The third kappa shape index (κ3) is 7.05. The van der Waals surface area contributed by atoms with Crippen molar-refractivity contribution >= 4 is 0 Å². The highest BCUT2D eigenvalue weighted by Gasteiger charge is 2.18. The molecule has 2 heteroatoms. The molecule has 2 N–H and O–H groups in total. The largest absolute Gasteiger partial charge is 0.313 e. The molecule has 17 heavy (non-hydrogen) atoms. The van der Waals surface area contributed by atoms with Gasteiger partial charge in [-0.05, 0) is 46.5 Å². The van der Waals surface area contributed by atoms with Crippen molar-refractivity contribution in [1.29, 1.82) is 0 Å². The first-order valence-corrected chi connectivity index (χ1v) is 7.47. The van der Waals surface area contributed by atoms with Gasteiger partial charge < -0.3 is 10.6 Å². The van der Waals surface area contributed by atoms with E-state index < -0.39 is 0 Å². The van der Waals surface area contributed by atoms with Gasteiger partial charge in [0, 0.05) is 24.7 Å². The van der Waals surface area contributed by atoms with E-state index in [-0.39, 0.29) is 5.54 Å². The van der Waals surface area contributed by atoms with E-state index in [1.165, 1.54) is 38.5 Å². The van der Waals surface area contributed by atoms with E-state index >= 15 is 0 Å². The molecular weight excluding hydrogens is 208 g/mol. The molecule has 0 heterocycles. The molecule has 1 rings (SSSR count). The highest BCUT2D eigenvalue weighted by Crippen LogP contribution is 2.25. The maximum atomic E-state index is 3.69. The molecule has 102 valence electrons. The summed E-state index contributed by atoms with van der Waals surface area (Å²) in [5.74, 6) is 0.909. The van der Waals surface area contributed by atoms with Crippen molar-refractivity contribution in [3.8, 4) is 0 Å². The molecule has 0 unspecified atom stereocenters. The molecule has 2 nitrogen and oxygen atoms in total. The molecule has 1 saturated carbocycles. The van der Waals surface area contributed by atoms with Gasteiger partial charge in [-0.1, -0.05) is 25.7 Å². The van der Waals surface area contributed by atoms with Gasteiger partial charge in [-0.15, -0.1) is 0 Å². The monoisotopic (exact) mass is 240 g/mol. The second kappa shape index (κ2) is 7.38. The normalized spacial score (nSPS) is 21.2. The molecule has 0 aliphatic heterocycles. The van der Waals surface area contributed by atoms with Gasteiger partial charge in [-0.3, -0.25) is 0 Å². The summed E-state index contributed by atoms with van der Waals surface area (Å²) >= 11 is 0. The topological polar surface area (TPSA) is 24.1 Å². The van der Waals surface area contributed by atoms with Crippen molar-refractivity contribution in [2.24, 2.45) is 5.92 Å². The van der Waals surface area contributed by atoms with Crippen LogP contribution in [0.25, 0.3) is 0 Å². The van der Waals surface area contributed by atoms with Gasteiger partial charge in [-0.25, -0.2) is 0 Å². The van der Waals surface area contributed by atoms with Crippen LogP contribution in [0.15, 0.2) is 0 Å². The third-order valence-electron chi connectivity index (χ3n) is 3.85. The molecular formula is C15H32N2. The van der Waals surface area contributed by atoms with Gasteiger partial charge in [0.25, 0.3) is 0 Å². The van der Waals surface area contributed by atoms with Crippen molar-refractivity contribution in [2.75, 3.05) is 13.1 Å². The van der Waals surface area contributed by atoms with Gasteiger partial charge >= 0.3 is 0 Å². The molecule has 1 fully saturated rings. The van der Waals surface area contributed by atoms with E-state index in [1.54, 1.807) is 0 Å². The first-order chi connectivity index (χ1) is 7.99. The molecule has 1 atom stereocenters. The Labute approximate surface area is 108 Å². The van der Waals surface area contributed by atoms with Crippen LogP contribution in [0.3, 0.4) is 0 Å². The minimum atomic E-state index is 0.243. The number of nitrogens with one attached hydrogen (secondary N) is 2. The number of hydrogen-bond donors (Lipinski definition) is 2. The van der Waals surface area contributed by atoms with Crippen LogP contribution in [0.4, 0.5) is 0 Å². The molecule has 1 aliphatic rings. The smallest absolute Gasteiger partial charge is 0.00970 e. The van der Waals surface area contributed by atoms with E-state index in [4.69, 9.17) is 0 Å². The molecule has 0 bridgehead atoms. The molecule has 0 amide bonds. The summed E-state index contributed by atoms with van der Waals surface area (Å²) < 4.78 is 0. The predicted molar refractivity (Wildman–Crippen MR) is 76.4 cm³/mol. The fourth-order valence-electron chi connectivity index (χ4n) is 2.71. The quantitative estimate of drug-likeness (QED) is 0.569. The Bertz CT molecular complexity index is 188. The van der Waals surface area contributed by atoms with E-state index in [0.717, 1.165) is 19.0 Å². The molecule has 0 saturated heterocycles. The summed E-state index contributed by atoms with van der Waals surface area (Å²) in [5, 5.41) is 7.22. The molecule has 0 aromatic heterocycles. The lowest BCUT2D eigenvalue weighted by Crippen LogP contribution is -2.43. The second-order valence-electron chi connectivity index (χ2n) is 6.67. The van der Waals surface area contributed by atoms with Crippen molar-refractivity contribution in [3.63, 3.8) is 0 Å². The van der Waals surface area contributed by atoms with E-state index in [9.17, 15) is 0 Å². The Hall–Kier alpha value is -0.0800. The Balaban J connectivity index is 2.13. The average molecular weight is 240 g/mol. The highest BCUT2D eigenvalue weighted by molar-refractivity contribution is 4.76. The lowest BCUT2D eigenvalue weighted by Gasteiger charge is -2.25. The van der Waals surface area contributed by atoms with Gasteiger partial charge in [0.2, 0.25) is 0 Å². The van der Waals surface area contributed by atoms with Crippen LogP contribution in [-0.2, 0) is 0 Å². The second-order valence-corrected chi connectivity index (χ2v) is 6.67. The Morgan fingerprint density at radius 1 is 1.00 bits per heavy atom. The van der Waals surface area contributed by atoms with Gasteiger partial charge in [-0.2, -0.15) is 0 Å². The molecule has 0 spiro atoms. The SMILES string of the molecule is C[C@H](NCCNC(C)(C)C)C1CCCCCC1. The third-order valence-corrected chi connectivity index (χ3v) is 3.85. The van der Waals surface area contributed by atoms with Crippen LogP contribution in [-0.4, -0.2) is 24.7 Å². The first-order valence-electron chi connectivity index (χ1n) is 7.47. The highest BCUT2D eigenvalue weighted by atomic mass is 15.0. The predicted octanol–water partition coefficient (Wildman–Crippen LogP) is 3.32. The van der Waals surface area contributed by atoms with Gasteiger partial charge in [0.15, 0.2) is 0 Å². The van der Waals surface area contributed by atoms with Crippen LogP contribution in [0.5, 0.6) is 0 Å². The summed E-state index contributed by atoms with van der Waals surface area (Å²) in [6.45, 7) is 11.2. The fourth-order valence-corrected chi connectivity index (χ4v) is 2.71. The maximum absolute atomic E-state index is 3.69. The van der Waals surface area contributed by atoms with Gasteiger partial charge in [0.1, 0.15) is 0 Å². The zero-order chi connectivity index (χ0) is 12.7. The van der Waals surface area contributed by atoms with Crippen LogP contribution in [0.2, 0.25) is 0 Å². The summed E-state index contributed by atoms with van der Waals surface area (Å²) in [5.41, 5.74) is 0.243. The first kappa shape index (κ1) is 15.0. The minimum absolute atomic E-state index is 0.243. The maximum Gasteiger partial charge on any atom is 0.00970 e. The van der Waals surface area contributed by atoms with Gasteiger partial charge in [0.05, 0.1) is 0 Å². The molecule has 1 aliphatic carbocycles. The van der Waals surface area contributed by atoms with E-state index in [2.05, 4.69) is 38.3 Å². The minimum Gasteiger partial charge on any atom is -0.313 e. The van der Waals surface area contributed by atoms with Crippen LogP contribution >= 0.6 is 0 Å². The Kier molecular flexibility index (Phi) is 6.50. The van der Waals surface area contributed by atoms with Crippen molar-refractivity contribution in [2.45, 2.75) is 77.8 Å². The standard InChI is InChI=1S/C15H32N2/c1-13(14-9-7-5-6-8-10-14)16-11-12-17-15(2,3)4/h13-14,16-17H,5-12H2,1-4H3/t13-/m0/s1. The number of rotatable bonds is 5. The van der Waals surface area contributed by atoms with E-state index in [0.29, 0.717) is 6.04 Å². The van der Waals surface area contributed by atoms with Crippen molar-refractivity contribution < 1.29 is 0 Å². The average Bonchev–Trinajstić information content (AvgIpc) is 2.51.